The smallest absolute Gasteiger partial charge is 0.335 e. The number of piperazine rings is 1. The van der Waals surface area contributed by atoms with Crippen LogP contribution in [0.2, 0.25) is 0 Å². The lowest BCUT2D eigenvalue weighted by Crippen LogP contribution is -2.57. The molecule has 0 saturated carbocycles. The number of likely N-dealkylation sites (N-methyl/N-ethyl adjacent to an activating group) is 2. The molecule has 0 amide bonds. The summed E-state index contributed by atoms with van der Waals surface area (Å²) >= 11 is -0.750. The molecule has 1 N–H and O–H groups in total. The first-order valence-electron chi connectivity index (χ1n) is 12.2. The van der Waals surface area contributed by atoms with Gasteiger partial charge in [-0.05, 0) is 19.2 Å². The molecule has 0 radical (unpaired) electrons. The van der Waals surface area contributed by atoms with Crippen LogP contribution < -0.4 is 15.0 Å². The van der Waals surface area contributed by atoms with Gasteiger partial charge in [-0.3, -0.25) is 4.40 Å². The van der Waals surface area contributed by atoms with Gasteiger partial charge in [0.15, 0.2) is 5.03 Å². The van der Waals surface area contributed by atoms with Crippen molar-refractivity contribution in [2.24, 2.45) is 0 Å². The molecule has 6 rings (SSSR count). The lowest BCUT2D eigenvalue weighted by atomic mass is 10.0. The molecule has 1 atom stereocenters. The molecule has 1 saturated heterocycles. The number of hydrogen-bond donors (Lipinski definition) is 1. The molecule has 1 fully saturated rings. The second kappa shape index (κ2) is 10.6. The van der Waals surface area contributed by atoms with Crippen molar-refractivity contribution < 1.29 is 26.0 Å². The second-order valence-corrected chi connectivity index (χ2v) is 11.3. The molecule has 38 heavy (non-hydrogen) atoms. The van der Waals surface area contributed by atoms with Crippen LogP contribution in [0.15, 0.2) is 29.7 Å². The van der Waals surface area contributed by atoms with Crippen molar-refractivity contribution in [2.45, 2.75) is 31.0 Å². The minimum atomic E-state index is -3.80. The summed E-state index contributed by atoms with van der Waals surface area (Å²) < 4.78 is 67.2. The molecule has 0 bridgehead atoms. The summed E-state index contributed by atoms with van der Waals surface area (Å²) in [7, 11) is -1.75. The van der Waals surface area contributed by atoms with Gasteiger partial charge in [0.25, 0.3) is 10.0 Å². The van der Waals surface area contributed by atoms with Gasteiger partial charge in [-0.1, -0.05) is 6.92 Å². The number of fused-ring (bicyclic) bond motifs is 3. The number of sulfonamides is 1. The van der Waals surface area contributed by atoms with Crippen LogP contribution in [0, 0.1) is 5.82 Å². The number of nitrogens with one attached hydrogen (secondary N) is 1. The Morgan fingerprint density at radius 1 is 1.21 bits per heavy atom. The summed E-state index contributed by atoms with van der Waals surface area (Å²) in [6.45, 7) is 5.70. The number of benzene rings is 1. The number of halogens is 1. The highest BCUT2D eigenvalue weighted by atomic mass is 32.2. The largest absolute Gasteiger partial charge is 0.493 e. The SMILES string of the molecule is CCN1C[C@H]2CN(C)CCN2c2cnc(NCc3c(F)ccc4c3CCO4)n3cnc(c23)S1(=O)=O.O=S=O. The maximum Gasteiger partial charge on any atom is 0.335 e. The Labute approximate surface area is 223 Å². The van der Waals surface area contributed by atoms with Crippen molar-refractivity contribution in [1.82, 2.24) is 23.6 Å². The van der Waals surface area contributed by atoms with Crippen molar-refractivity contribution >= 4 is 38.7 Å². The van der Waals surface area contributed by atoms with Gasteiger partial charge in [0.05, 0.1) is 24.5 Å². The number of rotatable bonds is 4. The summed E-state index contributed by atoms with van der Waals surface area (Å²) in [5.41, 5.74) is 2.63. The number of hydrogen-bond acceptors (Lipinski definition) is 10. The van der Waals surface area contributed by atoms with E-state index in [1.54, 1.807) is 16.7 Å². The van der Waals surface area contributed by atoms with E-state index in [1.807, 2.05) is 6.92 Å². The van der Waals surface area contributed by atoms with Gasteiger partial charge in [0.1, 0.15) is 23.4 Å². The third kappa shape index (κ3) is 4.52. The Balaban J connectivity index is 0.000000937. The first kappa shape index (κ1) is 26.5. The molecule has 12 nitrogen and oxygen atoms in total. The molecular formula is C23H28FN7O5S2. The van der Waals surface area contributed by atoms with Crippen molar-refractivity contribution in [3.8, 4) is 5.75 Å². The fourth-order valence-electron chi connectivity index (χ4n) is 5.41. The first-order valence-corrected chi connectivity index (χ1v) is 14.3. The van der Waals surface area contributed by atoms with E-state index >= 15 is 0 Å². The standard InChI is InChI=1S/C23H28FN7O3S.O2S/c1-3-29-13-15-12-28(2)7-8-30(15)19-11-26-23(31-14-27-22(21(19)31)35(29,32)33)25-10-17-16-6-9-34-20(16)5-4-18(17)24;1-3-2/h4-5,11,14-15H,3,6-10,12-13H2,1-2H3,(H,25,26);/t15-;/m1./s1. The Hall–Kier alpha value is -3.14. The molecule has 3 aromatic rings. The van der Waals surface area contributed by atoms with Gasteiger partial charge < -0.3 is 19.9 Å². The van der Waals surface area contributed by atoms with Crippen LogP contribution >= 0.6 is 0 Å². The minimum absolute atomic E-state index is 0.00284. The number of aromatic nitrogens is 3. The quantitative estimate of drug-likeness (QED) is 0.487. The van der Waals surface area contributed by atoms with Crippen molar-refractivity contribution in [1.29, 1.82) is 0 Å². The molecular weight excluding hydrogens is 537 g/mol. The van der Waals surface area contributed by atoms with Crippen molar-refractivity contribution in [3.63, 3.8) is 0 Å². The van der Waals surface area contributed by atoms with E-state index in [0.29, 0.717) is 48.9 Å². The van der Waals surface area contributed by atoms with E-state index in [1.165, 1.54) is 16.7 Å². The van der Waals surface area contributed by atoms with E-state index in [4.69, 9.17) is 13.2 Å². The van der Waals surface area contributed by atoms with Crippen LogP contribution in [0.5, 0.6) is 5.75 Å². The van der Waals surface area contributed by atoms with E-state index in [9.17, 15) is 12.8 Å². The van der Waals surface area contributed by atoms with E-state index in [-0.39, 0.29) is 23.4 Å². The fraction of sp³-hybridized carbons (Fsp3) is 0.478. The molecule has 15 heteroatoms. The monoisotopic (exact) mass is 565 g/mol. The summed E-state index contributed by atoms with van der Waals surface area (Å²) in [6.07, 6.45) is 3.85. The van der Waals surface area contributed by atoms with E-state index < -0.39 is 21.6 Å². The molecule has 0 aliphatic carbocycles. The van der Waals surface area contributed by atoms with Gasteiger partial charge >= 0.3 is 11.6 Å². The maximum atomic E-state index is 14.7. The van der Waals surface area contributed by atoms with Crippen LogP contribution in [0.25, 0.3) is 5.52 Å². The summed E-state index contributed by atoms with van der Waals surface area (Å²) in [5.74, 6) is 0.801. The summed E-state index contributed by atoms with van der Waals surface area (Å²) in [6, 6.07) is 3.06. The Kier molecular flexibility index (Phi) is 7.35. The van der Waals surface area contributed by atoms with Gasteiger partial charge in [-0.2, -0.15) is 12.7 Å². The van der Waals surface area contributed by atoms with Crippen LogP contribution in [0.1, 0.15) is 18.1 Å². The number of ether oxygens (including phenoxy) is 1. The highest BCUT2D eigenvalue weighted by Crippen LogP contribution is 2.36. The average Bonchev–Trinajstić information content (AvgIpc) is 3.55. The van der Waals surface area contributed by atoms with Crippen molar-refractivity contribution in [3.05, 3.63) is 41.6 Å². The average molecular weight is 566 g/mol. The number of anilines is 2. The second-order valence-electron chi connectivity index (χ2n) is 9.32. The highest BCUT2D eigenvalue weighted by Gasteiger charge is 2.39. The zero-order chi connectivity index (χ0) is 27.0. The molecule has 0 spiro atoms. The Morgan fingerprint density at radius 3 is 2.76 bits per heavy atom. The minimum Gasteiger partial charge on any atom is -0.493 e. The normalized spacial score (nSPS) is 20.4. The number of imidazole rings is 1. The van der Waals surface area contributed by atoms with Gasteiger partial charge in [-0.25, -0.2) is 22.8 Å². The maximum absolute atomic E-state index is 14.7. The molecule has 1 aromatic carbocycles. The lowest BCUT2D eigenvalue weighted by molar-refractivity contribution is 0.243. The molecule has 3 aliphatic rings. The molecule has 204 valence electrons. The van der Waals surface area contributed by atoms with Gasteiger partial charge in [0.2, 0.25) is 5.95 Å². The third-order valence-corrected chi connectivity index (χ3v) is 9.10. The van der Waals surface area contributed by atoms with E-state index in [0.717, 1.165) is 30.9 Å². The highest BCUT2D eigenvalue weighted by molar-refractivity contribution is 7.89. The van der Waals surface area contributed by atoms with Gasteiger partial charge in [0, 0.05) is 56.8 Å². The molecule has 0 unspecified atom stereocenters. The molecule has 5 heterocycles. The molecule has 3 aliphatic heterocycles. The summed E-state index contributed by atoms with van der Waals surface area (Å²) in [5, 5.41) is 3.24. The summed E-state index contributed by atoms with van der Waals surface area (Å²) in [4.78, 5) is 13.4. The predicted molar refractivity (Wildman–Crippen MR) is 138 cm³/mol. The zero-order valence-corrected chi connectivity index (χ0v) is 22.6. The molecule has 2 aromatic heterocycles. The zero-order valence-electron chi connectivity index (χ0n) is 21.0. The van der Waals surface area contributed by atoms with Gasteiger partial charge in [-0.15, -0.1) is 0 Å². The van der Waals surface area contributed by atoms with Crippen LogP contribution in [0.4, 0.5) is 16.0 Å². The number of nitrogens with zero attached hydrogens (tertiary/aromatic N) is 6. The fourth-order valence-corrected chi connectivity index (χ4v) is 6.99. The Bertz CT molecular complexity index is 1510. The first-order chi connectivity index (χ1) is 18.3. The predicted octanol–water partition coefficient (Wildman–Crippen LogP) is 0.890. The van der Waals surface area contributed by atoms with Crippen molar-refractivity contribution in [2.75, 3.05) is 56.6 Å². The topological polar surface area (TPSA) is 129 Å². The Morgan fingerprint density at radius 2 is 2.00 bits per heavy atom. The van der Waals surface area contributed by atoms with Crippen LogP contribution in [0.3, 0.4) is 0 Å². The van der Waals surface area contributed by atoms with E-state index in [2.05, 4.69) is 32.1 Å². The van der Waals surface area contributed by atoms with Crippen LogP contribution in [-0.4, -0.2) is 92.8 Å². The lowest BCUT2D eigenvalue weighted by Gasteiger charge is -2.44. The third-order valence-electron chi connectivity index (χ3n) is 7.22. The van der Waals surface area contributed by atoms with Crippen LogP contribution in [-0.2, 0) is 34.6 Å².